The molecule has 4 rings (SSSR count). The molecule has 1 saturated heterocycles. The van der Waals surface area contributed by atoms with Crippen molar-refractivity contribution < 1.29 is 17.6 Å². The highest BCUT2D eigenvalue weighted by Crippen LogP contribution is 2.33. The Bertz CT molecular complexity index is 977. The molecule has 1 fully saturated rings. The second-order valence-corrected chi connectivity index (χ2v) is 8.62. The number of rotatable bonds is 5. The normalized spacial score (nSPS) is 17.1. The average Bonchev–Trinajstić information content (AvgIpc) is 3.38. The molecular weight excluding hydrogens is 368 g/mol. The maximum absolute atomic E-state index is 12.3. The van der Waals surface area contributed by atoms with E-state index in [0.717, 1.165) is 49.6 Å². The van der Waals surface area contributed by atoms with E-state index in [0.29, 0.717) is 13.1 Å². The highest BCUT2D eigenvalue weighted by Gasteiger charge is 2.28. The van der Waals surface area contributed by atoms with Crippen LogP contribution in [0.25, 0.3) is 0 Å². The van der Waals surface area contributed by atoms with Gasteiger partial charge in [0, 0.05) is 18.8 Å². The molecule has 2 N–H and O–H groups in total. The smallest absolute Gasteiger partial charge is 0.304 e. The number of nitrogens with zero attached hydrogens (tertiary/aromatic N) is 2. The van der Waals surface area contributed by atoms with E-state index in [4.69, 9.17) is 4.42 Å². The molecule has 0 spiro atoms. The van der Waals surface area contributed by atoms with Crippen molar-refractivity contribution in [2.45, 2.75) is 39.0 Å². The van der Waals surface area contributed by atoms with Crippen LogP contribution in [-0.2, 0) is 23.1 Å². The van der Waals surface area contributed by atoms with Crippen molar-refractivity contribution in [1.82, 2.24) is 14.0 Å². The molecule has 0 radical (unpaired) electrons. The Balaban J connectivity index is 1.49. The predicted octanol–water partition coefficient (Wildman–Crippen LogP) is 2.29. The van der Waals surface area contributed by atoms with Gasteiger partial charge in [0.1, 0.15) is 6.26 Å². The molecule has 0 atom stereocenters. The van der Waals surface area contributed by atoms with Crippen molar-refractivity contribution in [3.05, 3.63) is 40.8 Å². The zero-order valence-corrected chi connectivity index (χ0v) is 15.9. The van der Waals surface area contributed by atoms with Crippen LogP contribution in [0.1, 0.15) is 46.4 Å². The van der Waals surface area contributed by atoms with E-state index in [2.05, 4.69) is 21.1 Å². The third kappa shape index (κ3) is 3.57. The molecule has 8 nitrogen and oxygen atoms in total. The summed E-state index contributed by atoms with van der Waals surface area (Å²) in [7, 11) is -3.84. The van der Waals surface area contributed by atoms with Gasteiger partial charge in [0.15, 0.2) is 5.69 Å². The van der Waals surface area contributed by atoms with Gasteiger partial charge in [-0.2, -0.15) is 17.7 Å². The third-order valence-corrected chi connectivity index (χ3v) is 6.57. The van der Waals surface area contributed by atoms with Gasteiger partial charge in [0.05, 0.1) is 0 Å². The van der Waals surface area contributed by atoms with Gasteiger partial charge < -0.3 is 9.73 Å². The summed E-state index contributed by atoms with van der Waals surface area (Å²) < 4.78 is 33.1. The molecular formula is C18H22N4O4S. The summed E-state index contributed by atoms with van der Waals surface area (Å²) in [6.45, 7) is 2.85. The Morgan fingerprint density at radius 2 is 1.96 bits per heavy atom. The lowest BCUT2D eigenvalue weighted by Gasteiger charge is -2.15. The minimum atomic E-state index is -3.84. The molecule has 1 aliphatic carbocycles. The van der Waals surface area contributed by atoms with E-state index < -0.39 is 16.1 Å². The number of fused-ring (bicyclic) bond motifs is 1. The summed E-state index contributed by atoms with van der Waals surface area (Å²) in [6, 6.07) is 4.36. The van der Waals surface area contributed by atoms with Crippen LogP contribution in [0.4, 0.5) is 11.7 Å². The summed E-state index contributed by atoms with van der Waals surface area (Å²) in [4.78, 5) is 16.4. The standard InChI is InChI=1S/C18H22N4O4S/c1-12-7-8-13-5-4-6-14(13)16(12)20-18-19-15(11-26-18)17(23)21-27(24,25)22-9-2-3-10-22/h7-8,11H,2-6,9-10H2,1H3,(H,19,20)(H,21,23). The maximum atomic E-state index is 12.3. The quantitative estimate of drug-likeness (QED) is 0.812. The van der Waals surface area contributed by atoms with Crippen LogP contribution in [0, 0.1) is 6.92 Å². The summed E-state index contributed by atoms with van der Waals surface area (Å²) in [6.07, 6.45) is 5.91. The predicted molar refractivity (Wildman–Crippen MR) is 100 cm³/mol. The Morgan fingerprint density at radius 1 is 1.19 bits per heavy atom. The Kier molecular flexibility index (Phi) is 4.65. The molecule has 2 aromatic rings. The van der Waals surface area contributed by atoms with Gasteiger partial charge in [0.25, 0.3) is 11.9 Å². The van der Waals surface area contributed by atoms with E-state index >= 15 is 0 Å². The Morgan fingerprint density at radius 3 is 2.74 bits per heavy atom. The highest BCUT2D eigenvalue weighted by atomic mass is 32.2. The van der Waals surface area contributed by atoms with Crippen molar-refractivity contribution in [1.29, 1.82) is 0 Å². The van der Waals surface area contributed by atoms with Gasteiger partial charge in [0.2, 0.25) is 0 Å². The molecule has 0 saturated carbocycles. The first-order chi connectivity index (χ1) is 12.9. The van der Waals surface area contributed by atoms with Crippen LogP contribution in [-0.4, -0.2) is 36.7 Å². The third-order valence-electron chi connectivity index (χ3n) is 5.09. The monoisotopic (exact) mass is 390 g/mol. The molecule has 2 aliphatic rings. The largest absolute Gasteiger partial charge is 0.431 e. The second kappa shape index (κ2) is 6.97. The average molecular weight is 390 g/mol. The molecule has 1 aliphatic heterocycles. The highest BCUT2D eigenvalue weighted by molar-refractivity contribution is 7.87. The van der Waals surface area contributed by atoms with Gasteiger partial charge in [-0.05, 0) is 55.7 Å². The topological polar surface area (TPSA) is 105 Å². The number of hydrogen-bond donors (Lipinski definition) is 2. The molecule has 1 aromatic heterocycles. The first-order valence-corrected chi connectivity index (χ1v) is 10.5. The van der Waals surface area contributed by atoms with Gasteiger partial charge in [-0.25, -0.2) is 4.72 Å². The van der Waals surface area contributed by atoms with Gasteiger partial charge in [-0.1, -0.05) is 12.1 Å². The number of aryl methyl sites for hydroxylation is 2. The fourth-order valence-corrected chi connectivity index (χ4v) is 4.87. The maximum Gasteiger partial charge on any atom is 0.304 e. The zero-order chi connectivity index (χ0) is 19.0. The lowest BCUT2D eigenvalue weighted by atomic mass is 10.0. The van der Waals surface area contributed by atoms with Crippen LogP contribution in [0.3, 0.4) is 0 Å². The minimum Gasteiger partial charge on any atom is -0.431 e. The number of benzene rings is 1. The number of anilines is 2. The lowest BCUT2D eigenvalue weighted by molar-refractivity contribution is 0.0974. The number of amides is 1. The zero-order valence-electron chi connectivity index (χ0n) is 15.1. The fourth-order valence-electron chi connectivity index (χ4n) is 3.66. The van der Waals surface area contributed by atoms with E-state index in [1.165, 1.54) is 15.4 Å². The SMILES string of the molecule is Cc1ccc2c(c1Nc1nc(C(=O)NS(=O)(=O)N3CCCC3)co1)CCC2. The van der Waals surface area contributed by atoms with E-state index in [1.54, 1.807) is 0 Å². The molecule has 144 valence electrons. The molecule has 1 amide bonds. The summed E-state index contributed by atoms with van der Waals surface area (Å²) in [5, 5.41) is 3.15. The summed E-state index contributed by atoms with van der Waals surface area (Å²) in [5.74, 6) is -0.797. The lowest BCUT2D eigenvalue weighted by Crippen LogP contribution is -2.42. The Labute approximate surface area is 158 Å². The number of carbonyl (C=O) groups is 1. The first kappa shape index (κ1) is 18.0. The number of aromatic nitrogens is 1. The fraction of sp³-hybridized carbons (Fsp3) is 0.444. The molecule has 0 unspecified atom stereocenters. The number of oxazole rings is 1. The van der Waals surface area contributed by atoms with Crippen molar-refractivity contribution in [3.8, 4) is 0 Å². The van der Waals surface area contributed by atoms with E-state index in [9.17, 15) is 13.2 Å². The van der Waals surface area contributed by atoms with Gasteiger partial charge in [-0.15, -0.1) is 0 Å². The van der Waals surface area contributed by atoms with Gasteiger partial charge >= 0.3 is 10.2 Å². The summed E-state index contributed by atoms with van der Waals surface area (Å²) in [5.41, 5.74) is 4.49. The minimum absolute atomic E-state index is 0.0782. The number of hydrogen-bond acceptors (Lipinski definition) is 6. The van der Waals surface area contributed by atoms with Crippen LogP contribution in [0.15, 0.2) is 22.8 Å². The molecule has 1 aromatic carbocycles. The number of nitrogens with one attached hydrogen (secondary N) is 2. The molecule has 2 heterocycles. The van der Waals surface area contributed by atoms with Crippen LogP contribution in [0.5, 0.6) is 0 Å². The number of carbonyl (C=O) groups excluding carboxylic acids is 1. The van der Waals surface area contributed by atoms with E-state index in [-0.39, 0.29) is 11.7 Å². The van der Waals surface area contributed by atoms with Crippen molar-refractivity contribution in [2.75, 3.05) is 18.4 Å². The van der Waals surface area contributed by atoms with Gasteiger partial charge in [-0.3, -0.25) is 4.79 Å². The molecule has 0 bridgehead atoms. The second-order valence-electron chi connectivity index (χ2n) is 6.95. The molecule has 9 heteroatoms. The first-order valence-electron chi connectivity index (χ1n) is 9.10. The van der Waals surface area contributed by atoms with Crippen LogP contribution >= 0.6 is 0 Å². The van der Waals surface area contributed by atoms with Crippen molar-refractivity contribution in [3.63, 3.8) is 0 Å². The van der Waals surface area contributed by atoms with E-state index in [1.807, 2.05) is 13.0 Å². The van der Waals surface area contributed by atoms with Crippen molar-refractivity contribution >= 4 is 27.8 Å². The molecule has 27 heavy (non-hydrogen) atoms. The van der Waals surface area contributed by atoms with Crippen molar-refractivity contribution in [2.24, 2.45) is 0 Å². The van der Waals surface area contributed by atoms with Crippen LogP contribution in [0.2, 0.25) is 0 Å². The van der Waals surface area contributed by atoms with Crippen LogP contribution < -0.4 is 10.0 Å². The summed E-state index contributed by atoms with van der Waals surface area (Å²) >= 11 is 0. The Hall–Kier alpha value is -2.39.